The van der Waals surface area contributed by atoms with Crippen LogP contribution in [-0.4, -0.2) is 29.1 Å². The number of hydrogen-bond donors (Lipinski definition) is 2. The summed E-state index contributed by atoms with van der Waals surface area (Å²) in [6, 6.07) is 5.97. The number of carbonyl (C=O) groups excluding carboxylic acids is 1. The lowest BCUT2D eigenvalue weighted by molar-refractivity contribution is 0.0950. The lowest BCUT2D eigenvalue weighted by Gasteiger charge is -2.21. The van der Waals surface area contributed by atoms with E-state index in [0.29, 0.717) is 28.7 Å². The molecule has 0 aliphatic carbocycles. The van der Waals surface area contributed by atoms with Gasteiger partial charge in [-0.15, -0.1) is 0 Å². The molecule has 0 fully saturated rings. The van der Waals surface area contributed by atoms with Crippen molar-refractivity contribution >= 4 is 16.8 Å². The molecule has 0 radical (unpaired) electrons. The van der Waals surface area contributed by atoms with Crippen LogP contribution in [0.5, 0.6) is 0 Å². The molecule has 2 aromatic rings. The topological polar surface area (TPSA) is 62.2 Å². The van der Waals surface area contributed by atoms with Gasteiger partial charge in [-0.1, -0.05) is 13.8 Å². The van der Waals surface area contributed by atoms with Crippen molar-refractivity contribution in [3.05, 3.63) is 41.3 Å². The van der Waals surface area contributed by atoms with E-state index in [4.69, 9.17) is 0 Å². The third-order valence-electron chi connectivity index (χ3n) is 3.89. The van der Waals surface area contributed by atoms with Gasteiger partial charge in [0.15, 0.2) is 0 Å². The Bertz CT molecular complexity index is 708. The first kappa shape index (κ1) is 17.3. The van der Waals surface area contributed by atoms with Gasteiger partial charge in [0.1, 0.15) is 5.82 Å². The maximum atomic E-state index is 13.3. The highest BCUT2D eigenvalue weighted by Gasteiger charge is 2.16. The highest BCUT2D eigenvalue weighted by molar-refractivity contribution is 6.06. The number of nitrogens with one attached hydrogen (secondary N) is 1. The van der Waals surface area contributed by atoms with Crippen LogP contribution in [-0.2, 0) is 0 Å². The number of aromatic nitrogens is 1. The number of aliphatic hydroxyl groups is 1. The second kappa shape index (κ2) is 7.04. The van der Waals surface area contributed by atoms with Crippen molar-refractivity contribution in [1.82, 2.24) is 10.3 Å². The fourth-order valence-electron chi connectivity index (χ4n) is 2.46. The first-order valence-corrected chi connectivity index (χ1v) is 7.78. The van der Waals surface area contributed by atoms with Crippen LogP contribution in [0.15, 0.2) is 24.3 Å². The normalized spacial score (nSPS) is 11.7. The fraction of sp³-hybridized carbons (Fsp3) is 0.444. The molecule has 5 heteroatoms. The second-order valence-corrected chi connectivity index (χ2v) is 6.65. The van der Waals surface area contributed by atoms with Crippen LogP contribution in [0.2, 0.25) is 0 Å². The Morgan fingerprint density at radius 1 is 1.35 bits per heavy atom. The van der Waals surface area contributed by atoms with E-state index in [0.717, 1.165) is 12.8 Å². The number of hydrogen-bond acceptors (Lipinski definition) is 3. The SMILES string of the molecule is Cc1cc(C(=O)NCCCC(C)(C)CO)c2ccc(F)cc2n1. The molecule has 0 bridgehead atoms. The molecule has 0 aliphatic rings. The molecule has 1 aromatic carbocycles. The van der Waals surface area contributed by atoms with E-state index in [-0.39, 0.29) is 23.7 Å². The molecular weight excluding hydrogens is 295 g/mol. The molecule has 1 heterocycles. The van der Waals surface area contributed by atoms with Gasteiger partial charge in [-0.2, -0.15) is 0 Å². The number of halogens is 1. The van der Waals surface area contributed by atoms with Crippen LogP contribution < -0.4 is 5.32 Å². The summed E-state index contributed by atoms with van der Waals surface area (Å²) in [5.41, 5.74) is 1.53. The predicted octanol–water partition coefficient (Wildman–Crippen LogP) is 3.21. The van der Waals surface area contributed by atoms with Crippen LogP contribution in [0.25, 0.3) is 10.9 Å². The van der Waals surface area contributed by atoms with Crippen molar-refractivity contribution in [3.63, 3.8) is 0 Å². The van der Waals surface area contributed by atoms with Gasteiger partial charge in [0, 0.05) is 30.3 Å². The zero-order chi connectivity index (χ0) is 17.0. The van der Waals surface area contributed by atoms with Gasteiger partial charge in [-0.25, -0.2) is 4.39 Å². The average Bonchev–Trinajstić information content (AvgIpc) is 2.50. The van der Waals surface area contributed by atoms with E-state index < -0.39 is 0 Å². The highest BCUT2D eigenvalue weighted by atomic mass is 19.1. The fourth-order valence-corrected chi connectivity index (χ4v) is 2.46. The Hall–Kier alpha value is -2.01. The summed E-state index contributed by atoms with van der Waals surface area (Å²) < 4.78 is 13.3. The lowest BCUT2D eigenvalue weighted by Crippen LogP contribution is -2.26. The Morgan fingerprint density at radius 2 is 2.09 bits per heavy atom. The first-order chi connectivity index (χ1) is 10.8. The van der Waals surface area contributed by atoms with Gasteiger partial charge >= 0.3 is 0 Å². The second-order valence-electron chi connectivity index (χ2n) is 6.65. The quantitative estimate of drug-likeness (QED) is 0.804. The van der Waals surface area contributed by atoms with Crippen LogP contribution in [0.3, 0.4) is 0 Å². The van der Waals surface area contributed by atoms with Crippen LogP contribution in [0, 0.1) is 18.2 Å². The summed E-state index contributed by atoms with van der Waals surface area (Å²) in [6.45, 7) is 6.42. The average molecular weight is 318 g/mol. The standard InChI is InChI=1S/C18H23FN2O2/c1-12-9-15(14-6-5-13(19)10-16(14)21-12)17(23)20-8-4-7-18(2,3)11-22/h5-6,9-10,22H,4,7-8,11H2,1-3H3,(H,20,23). The Balaban J connectivity index is 2.09. The molecule has 1 aromatic heterocycles. The summed E-state index contributed by atoms with van der Waals surface area (Å²) in [5.74, 6) is -0.554. The summed E-state index contributed by atoms with van der Waals surface area (Å²) in [5, 5.41) is 12.8. The van der Waals surface area contributed by atoms with E-state index in [1.807, 2.05) is 13.8 Å². The van der Waals surface area contributed by atoms with E-state index in [9.17, 15) is 14.3 Å². The molecule has 23 heavy (non-hydrogen) atoms. The Morgan fingerprint density at radius 3 is 2.78 bits per heavy atom. The minimum Gasteiger partial charge on any atom is -0.396 e. The predicted molar refractivity (Wildman–Crippen MR) is 88.9 cm³/mol. The Kier molecular flexibility index (Phi) is 5.31. The van der Waals surface area contributed by atoms with E-state index in [1.54, 1.807) is 19.1 Å². The zero-order valence-corrected chi connectivity index (χ0v) is 13.8. The van der Waals surface area contributed by atoms with Crippen LogP contribution >= 0.6 is 0 Å². The Labute approximate surface area is 135 Å². The number of benzene rings is 1. The van der Waals surface area contributed by atoms with Gasteiger partial charge in [-0.3, -0.25) is 9.78 Å². The molecular formula is C18H23FN2O2. The van der Waals surface area contributed by atoms with Gasteiger partial charge in [-0.05, 0) is 43.4 Å². The summed E-state index contributed by atoms with van der Waals surface area (Å²) in [4.78, 5) is 16.7. The monoisotopic (exact) mass is 318 g/mol. The third kappa shape index (κ3) is 4.48. The number of pyridine rings is 1. The minimum atomic E-state index is -0.367. The summed E-state index contributed by atoms with van der Waals surface area (Å²) >= 11 is 0. The van der Waals surface area contributed by atoms with E-state index in [2.05, 4.69) is 10.3 Å². The molecule has 124 valence electrons. The van der Waals surface area contributed by atoms with Crippen LogP contribution in [0.1, 0.15) is 42.7 Å². The van der Waals surface area contributed by atoms with Gasteiger partial charge in [0.2, 0.25) is 0 Å². The molecule has 4 nitrogen and oxygen atoms in total. The maximum absolute atomic E-state index is 13.3. The largest absolute Gasteiger partial charge is 0.396 e. The number of fused-ring (bicyclic) bond motifs is 1. The molecule has 0 spiro atoms. The van der Waals surface area contributed by atoms with E-state index >= 15 is 0 Å². The smallest absolute Gasteiger partial charge is 0.252 e. The van der Waals surface area contributed by atoms with Gasteiger partial charge < -0.3 is 10.4 Å². The third-order valence-corrected chi connectivity index (χ3v) is 3.89. The maximum Gasteiger partial charge on any atom is 0.252 e. The lowest BCUT2D eigenvalue weighted by atomic mass is 9.89. The van der Waals surface area contributed by atoms with Crippen LogP contribution in [0.4, 0.5) is 4.39 Å². The van der Waals surface area contributed by atoms with Crippen molar-refractivity contribution in [1.29, 1.82) is 0 Å². The van der Waals surface area contributed by atoms with Crippen molar-refractivity contribution in [3.8, 4) is 0 Å². The zero-order valence-electron chi connectivity index (χ0n) is 13.8. The van der Waals surface area contributed by atoms with Crippen molar-refractivity contribution in [2.45, 2.75) is 33.6 Å². The van der Waals surface area contributed by atoms with Crippen molar-refractivity contribution < 1.29 is 14.3 Å². The molecule has 0 saturated heterocycles. The van der Waals surface area contributed by atoms with Gasteiger partial charge in [0.05, 0.1) is 11.1 Å². The van der Waals surface area contributed by atoms with Gasteiger partial charge in [0.25, 0.3) is 5.91 Å². The number of aliphatic hydroxyl groups excluding tert-OH is 1. The molecule has 0 aliphatic heterocycles. The number of aryl methyl sites for hydroxylation is 1. The number of amides is 1. The highest BCUT2D eigenvalue weighted by Crippen LogP contribution is 2.21. The molecule has 0 atom stereocenters. The van der Waals surface area contributed by atoms with Crippen molar-refractivity contribution in [2.24, 2.45) is 5.41 Å². The summed E-state index contributed by atoms with van der Waals surface area (Å²) in [7, 11) is 0. The number of nitrogens with zero attached hydrogens (tertiary/aromatic N) is 1. The molecule has 2 N–H and O–H groups in total. The van der Waals surface area contributed by atoms with E-state index in [1.165, 1.54) is 12.1 Å². The number of rotatable bonds is 6. The van der Waals surface area contributed by atoms with Crippen molar-refractivity contribution in [2.75, 3.05) is 13.2 Å². The minimum absolute atomic E-state index is 0.126. The first-order valence-electron chi connectivity index (χ1n) is 7.78. The number of carbonyl (C=O) groups is 1. The molecule has 1 amide bonds. The molecule has 0 saturated carbocycles. The molecule has 2 rings (SSSR count). The summed E-state index contributed by atoms with van der Waals surface area (Å²) in [6.07, 6.45) is 1.61. The molecule has 0 unspecified atom stereocenters.